The van der Waals surface area contributed by atoms with Crippen LogP contribution in [-0.4, -0.2) is 28.2 Å². The zero-order chi connectivity index (χ0) is 21.4. The zero-order valence-electron chi connectivity index (χ0n) is 16.8. The van der Waals surface area contributed by atoms with Crippen molar-refractivity contribution in [2.24, 2.45) is 11.8 Å². The van der Waals surface area contributed by atoms with E-state index in [9.17, 15) is 13.2 Å². The average Bonchev–Trinajstić information content (AvgIpc) is 3.24. The number of H-pyrrole nitrogens is 1. The number of ether oxygens (including phenoxy) is 1. The van der Waals surface area contributed by atoms with Gasteiger partial charge in [0.25, 0.3) is 0 Å². The molecule has 5 rings (SSSR count). The fourth-order valence-electron chi connectivity index (χ4n) is 4.90. The number of nitrogens with one attached hydrogen (secondary N) is 1. The molecule has 5 nitrogen and oxygen atoms in total. The topological polar surface area (TPSA) is 55.2 Å². The Hall–Kier alpha value is -2.92. The fraction of sp³-hybridized carbons (Fsp3) is 0.435. The summed E-state index contributed by atoms with van der Waals surface area (Å²) in [5, 5.41) is 0.244. The molecule has 1 aromatic carbocycles. The molecule has 1 saturated heterocycles. The number of alkyl halides is 3. The van der Waals surface area contributed by atoms with E-state index in [4.69, 9.17) is 4.74 Å². The smallest absolute Gasteiger partial charge is 0.381 e. The molecule has 0 saturated carbocycles. The van der Waals surface area contributed by atoms with Crippen molar-refractivity contribution in [3.05, 3.63) is 58.3 Å². The van der Waals surface area contributed by atoms with Crippen molar-refractivity contribution < 1.29 is 17.9 Å². The summed E-state index contributed by atoms with van der Waals surface area (Å²) in [6.07, 6.45) is 0.814. The number of aromatic amines is 1. The molecule has 0 amide bonds. The second-order valence-corrected chi connectivity index (χ2v) is 8.21. The summed E-state index contributed by atoms with van der Waals surface area (Å²) in [6.45, 7) is 1.53. The van der Waals surface area contributed by atoms with E-state index >= 15 is 0 Å². The number of nitrogens with zero attached hydrogens (tertiary/aromatic N) is 3. The van der Waals surface area contributed by atoms with Crippen LogP contribution in [0, 0.1) is 17.9 Å². The molecule has 3 aromatic rings. The molecule has 2 atom stereocenters. The third-order valence-electron chi connectivity index (χ3n) is 6.46. The van der Waals surface area contributed by atoms with Crippen LogP contribution in [0.15, 0.2) is 36.7 Å². The maximum absolute atomic E-state index is 13.1. The lowest BCUT2D eigenvalue weighted by Crippen LogP contribution is -2.30. The quantitative estimate of drug-likeness (QED) is 0.541. The summed E-state index contributed by atoms with van der Waals surface area (Å²) in [6, 6.07) is 12.6. The number of hydrogen-bond donors (Lipinski definition) is 1. The molecule has 0 bridgehead atoms. The SMILES string of the molecule is FC(F)(F)c1cc2c([N+]#CC3c4ccccc4CC[C@@H]3C3CCOCC3)ncnc2[nH]1. The van der Waals surface area contributed by atoms with Crippen molar-refractivity contribution in [2.45, 2.75) is 37.8 Å². The van der Waals surface area contributed by atoms with Gasteiger partial charge in [0.15, 0.2) is 11.7 Å². The zero-order valence-corrected chi connectivity index (χ0v) is 16.8. The van der Waals surface area contributed by atoms with Crippen LogP contribution in [0.3, 0.4) is 0 Å². The molecule has 1 aliphatic carbocycles. The van der Waals surface area contributed by atoms with Crippen LogP contribution in [0.1, 0.15) is 42.0 Å². The fourth-order valence-corrected chi connectivity index (χ4v) is 4.90. The molecular formula is C23H22F3N4O+. The Morgan fingerprint density at radius 2 is 1.90 bits per heavy atom. The van der Waals surface area contributed by atoms with Crippen LogP contribution in [0.4, 0.5) is 19.0 Å². The summed E-state index contributed by atoms with van der Waals surface area (Å²) in [4.78, 5) is 14.8. The van der Waals surface area contributed by atoms with Gasteiger partial charge in [0.1, 0.15) is 11.1 Å². The van der Waals surface area contributed by atoms with Gasteiger partial charge in [-0.05, 0) is 59.7 Å². The molecule has 1 fully saturated rings. The molecule has 3 heterocycles. The van der Waals surface area contributed by atoms with Gasteiger partial charge in [0.05, 0.1) is 5.92 Å². The van der Waals surface area contributed by atoms with Crippen LogP contribution in [0.25, 0.3) is 15.9 Å². The number of benzene rings is 1. The predicted octanol–water partition coefficient (Wildman–Crippen LogP) is 5.71. The first-order chi connectivity index (χ1) is 15.0. The van der Waals surface area contributed by atoms with E-state index in [2.05, 4.69) is 38.0 Å². The second kappa shape index (κ2) is 7.97. The van der Waals surface area contributed by atoms with E-state index in [-0.39, 0.29) is 22.8 Å². The number of halogens is 3. The molecule has 0 radical (unpaired) electrons. The van der Waals surface area contributed by atoms with Gasteiger partial charge in [-0.25, -0.2) is 0 Å². The van der Waals surface area contributed by atoms with Crippen LogP contribution in [-0.2, 0) is 17.3 Å². The van der Waals surface area contributed by atoms with Gasteiger partial charge in [0, 0.05) is 13.2 Å². The first kappa shape index (κ1) is 20.0. The van der Waals surface area contributed by atoms with E-state index < -0.39 is 11.9 Å². The number of aryl methyl sites for hydroxylation is 1. The normalized spacial score (nSPS) is 22.0. The molecule has 0 spiro atoms. The standard InChI is InChI=1S/C23H22F3N4O/c24-23(25,26)20-11-18-21(28-13-29-22(18)30-20)27-12-19-16-4-2-1-3-14(16)5-6-17(19)15-7-9-31-10-8-15/h1-4,11,13,15,17,19H,5-10H2,(H,28,29,30)/q+1/t17-,19?/m1/s1. The lowest BCUT2D eigenvalue weighted by atomic mass is 9.68. The van der Waals surface area contributed by atoms with Crippen molar-refractivity contribution in [1.82, 2.24) is 15.0 Å². The number of rotatable bonds is 1. The van der Waals surface area contributed by atoms with Gasteiger partial charge in [0.2, 0.25) is 6.33 Å². The third kappa shape index (κ3) is 3.90. The number of fused-ring (bicyclic) bond motifs is 2. The minimum absolute atomic E-state index is 0.0286. The Labute approximate surface area is 177 Å². The highest BCUT2D eigenvalue weighted by Gasteiger charge is 2.37. The lowest BCUT2D eigenvalue weighted by Gasteiger charge is -2.36. The van der Waals surface area contributed by atoms with Gasteiger partial charge in [-0.1, -0.05) is 24.3 Å². The maximum Gasteiger partial charge on any atom is 0.438 e. The van der Waals surface area contributed by atoms with Gasteiger partial charge in [-0.2, -0.15) is 23.0 Å². The molecule has 160 valence electrons. The van der Waals surface area contributed by atoms with Gasteiger partial charge >= 0.3 is 12.0 Å². The van der Waals surface area contributed by atoms with Crippen LogP contribution in [0.2, 0.25) is 0 Å². The molecule has 2 aromatic heterocycles. The molecule has 1 N–H and O–H groups in total. The summed E-state index contributed by atoms with van der Waals surface area (Å²) < 4.78 is 44.9. The minimum atomic E-state index is -4.48. The van der Waals surface area contributed by atoms with E-state index in [1.807, 2.05) is 12.1 Å². The second-order valence-electron chi connectivity index (χ2n) is 8.21. The Morgan fingerprint density at radius 1 is 1.10 bits per heavy atom. The minimum Gasteiger partial charge on any atom is -0.381 e. The van der Waals surface area contributed by atoms with Crippen LogP contribution in [0.5, 0.6) is 0 Å². The Balaban J connectivity index is 1.55. The van der Waals surface area contributed by atoms with Crippen molar-refractivity contribution in [3.8, 4) is 6.07 Å². The van der Waals surface area contributed by atoms with Crippen molar-refractivity contribution in [3.63, 3.8) is 0 Å². The summed E-state index contributed by atoms with van der Waals surface area (Å²) in [5.41, 5.74) is 1.74. The Kier molecular flexibility index (Phi) is 5.14. The molecular weight excluding hydrogens is 405 g/mol. The third-order valence-corrected chi connectivity index (χ3v) is 6.46. The van der Waals surface area contributed by atoms with E-state index in [0.29, 0.717) is 11.8 Å². The number of aromatic nitrogens is 3. The van der Waals surface area contributed by atoms with Crippen molar-refractivity contribution in [2.75, 3.05) is 13.2 Å². The Morgan fingerprint density at radius 3 is 2.71 bits per heavy atom. The highest BCUT2D eigenvalue weighted by molar-refractivity contribution is 5.88. The Bertz CT molecular complexity index is 1150. The summed E-state index contributed by atoms with van der Waals surface area (Å²) in [5.74, 6) is 1.06. The number of hydrogen-bond acceptors (Lipinski definition) is 3. The van der Waals surface area contributed by atoms with Gasteiger partial charge in [-0.15, -0.1) is 0 Å². The molecule has 1 aliphatic heterocycles. The van der Waals surface area contributed by atoms with E-state index in [1.165, 1.54) is 17.5 Å². The molecule has 1 unspecified atom stereocenters. The summed E-state index contributed by atoms with van der Waals surface area (Å²) >= 11 is 0. The molecule has 2 aliphatic rings. The van der Waals surface area contributed by atoms with Gasteiger partial charge < -0.3 is 9.72 Å². The van der Waals surface area contributed by atoms with Crippen molar-refractivity contribution >= 4 is 16.9 Å². The van der Waals surface area contributed by atoms with Crippen LogP contribution >= 0.6 is 0 Å². The average molecular weight is 427 g/mol. The van der Waals surface area contributed by atoms with Gasteiger partial charge in [-0.3, -0.25) is 0 Å². The highest BCUT2D eigenvalue weighted by Crippen LogP contribution is 2.43. The molecule has 31 heavy (non-hydrogen) atoms. The van der Waals surface area contributed by atoms with Crippen LogP contribution < -0.4 is 0 Å². The maximum atomic E-state index is 13.1. The lowest BCUT2D eigenvalue weighted by molar-refractivity contribution is -0.140. The monoisotopic (exact) mass is 427 g/mol. The summed E-state index contributed by atoms with van der Waals surface area (Å²) in [7, 11) is 0. The predicted molar refractivity (Wildman–Crippen MR) is 110 cm³/mol. The first-order valence-corrected chi connectivity index (χ1v) is 10.5. The largest absolute Gasteiger partial charge is 0.438 e. The van der Waals surface area contributed by atoms with E-state index in [0.717, 1.165) is 45.0 Å². The van der Waals surface area contributed by atoms with E-state index in [1.54, 1.807) is 0 Å². The molecule has 8 heteroatoms. The van der Waals surface area contributed by atoms with Crippen molar-refractivity contribution in [1.29, 1.82) is 0 Å². The highest BCUT2D eigenvalue weighted by atomic mass is 19.4. The first-order valence-electron chi connectivity index (χ1n) is 10.5.